The maximum atomic E-state index is 9.30. The molecular formula is C18H15ClN2O. The van der Waals surface area contributed by atoms with Crippen molar-refractivity contribution < 1.29 is 5.11 Å². The maximum absolute atomic E-state index is 9.30. The molecule has 2 N–H and O–H groups in total. The molecule has 3 rings (SSSR count). The molecule has 0 aliphatic rings. The average molecular weight is 311 g/mol. The lowest BCUT2D eigenvalue weighted by Crippen LogP contribution is -1.96. The van der Waals surface area contributed by atoms with E-state index in [-0.39, 0.29) is 6.61 Å². The van der Waals surface area contributed by atoms with Gasteiger partial charge in [0.05, 0.1) is 6.61 Å². The molecule has 22 heavy (non-hydrogen) atoms. The van der Waals surface area contributed by atoms with Crippen LogP contribution in [0.15, 0.2) is 66.9 Å². The minimum atomic E-state index is 0.0190. The average Bonchev–Trinajstić information content (AvgIpc) is 2.55. The number of anilines is 2. The predicted molar refractivity (Wildman–Crippen MR) is 90.3 cm³/mol. The number of nitrogens with zero attached hydrogens (tertiary/aromatic N) is 1. The van der Waals surface area contributed by atoms with Gasteiger partial charge in [0.1, 0.15) is 5.82 Å². The van der Waals surface area contributed by atoms with Crippen LogP contribution in [0, 0.1) is 0 Å². The summed E-state index contributed by atoms with van der Waals surface area (Å²) < 4.78 is 0. The number of aromatic nitrogens is 1. The fourth-order valence-electron chi connectivity index (χ4n) is 2.28. The molecule has 0 spiro atoms. The summed E-state index contributed by atoms with van der Waals surface area (Å²) in [6, 6.07) is 19.2. The van der Waals surface area contributed by atoms with Gasteiger partial charge in [-0.3, -0.25) is 0 Å². The number of hydrogen-bond acceptors (Lipinski definition) is 3. The van der Waals surface area contributed by atoms with Crippen molar-refractivity contribution in [3.63, 3.8) is 0 Å². The summed E-state index contributed by atoms with van der Waals surface area (Å²) in [4.78, 5) is 4.42. The highest BCUT2D eigenvalue weighted by molar-refractivity contribution is 6.30. The van der Waals surface area contributed by atoms with E-state index in [4.69, 9.17) is 11.6 Å². The first-order valence-electron chi connectivity index (χ1n) is 6.94. The quantitative estimate of drug-likeness (QED) is 0.738. The maximum Gasteiger partial charge on any atom is 0.138 e. The number of hydrogen-bond donors (Lipinski definition) is 2. The zero-order chi connectivity index (χ0) is 15.4. The molecular weight excluding hydrogens is 296 g/mol. The van der Waals surface area contributed by atoms with Gasteiger partial charge in [0, 0.05) is 22.5 Å². The number of halogens is 1. The van der Waals surface area contributed by atoms with Crippen LogP contribution in [-0.2, 0) is 6.61 Å². The van der Waals surface area contributed by atoms with Crippen LogP contribution in [0.5, 0.6) is 0 Å². The van der Waals surface area contributed by atoms with Crippen molar-refractivity contribution in [2.75, 3.05) is 5.32 Å². The molecule has 1 aromatic heterocycles. The summed E-state index contributed by atoms with van der Waals surface area (Å²) in [5.41, 5.74) is 3.72. The van der Waals surface area contributed by atoms with E-state index in [1.807, 2.05) is 60.7 Å². The van der Waals surface area contributed by atoms with Crippen molar-refractivity contribution in [1.29, 1.82) is 0 Å². The van der Waals surface area contributed by atoms with Crippen LogP contribution in [0.2, 0.25) is 5.02 Å². The zero-order valence-electron chi connectivity index (χ0n) is 11.8. The second-order valence-corrected chi connectivity index (χ2v) is 5.33. The van der Waals surface area contributed by atoms with Crippen molar-refractivity contribution in [2.45, 2.75) is 6.61 Å². The number of benzene rings is 2. The van der Waals surface area contributed by atoms with Gasteiger partial charge in [-0.2, -0.15) is 0 Å². The first-order chi connectivity index (χ1) is 10.8. The third-order valence-corrected chi connectivity index (χ3v) is 3.55. The van der Waals surface area contributed by atoms with E-state index in [9.17, 15) is 5.11 Å². The van der Waals surface area contributed by atoms with E-state index in [1.54, 1.807) is 6.20 Å². The highest BCUT2D eigenvalue weighted by Gasteiger charge is 2.07. The normalized spacial score (nSPS) is 10.5. The second-order valence-electron chi connectivity index (χ2n) is 4.89. The van der Waals surface area contributed by atoms with Gasteiger partial charge >= 0.3 is 0 Å². The first-order valence-corrected chi connectivity index (χ1v) is 7.32. The Morgan fingerprint density at radius 1 is 1.00 bits per heavy atom. The molecule has 0 radical (unpaired) electrons. The lowest BCUT2D eigenvalue weighted by Gasteiger charge is -2.12. The summed E-state index contributed by atoms with van der Waals surface area (Å²) in [5.74, 6) is 0.750. The van der Waals surface area contributed by atoms with Crippen LogP contribution >= 0.6 is 11.6 Å². The van der Waals surface area contributed by atoms with Gasteiger partial charge in [-0.1, -0.05) is 35.9 Å². The summed E-state index contributed by atoms with van der Waals surface area (Å²) in [7, 11) is 0. The first kappa shape index (κ1) is 14.6. The van der Waals surface area contributed by atoms with Crippen LogP contribution in [0.4, 0.5) is 11.5 Å². The largest absolute Gasteiger partial charge is 0.392 e. The van der Waals surface area contributed by atoms with Gasteiger partial charge in [-0.15, -0.1) is 0 Å². The van der Waals surface area contributed by atoms with Crippen molar-refractivity contribution in [1.82, 2.24) is 4.98 Å². The Kier molecular flexibility index (Phi) is 4.37. The minimum Gasteiger partial charge on any atom is -0.392 e. The molecule has 0 amide bonds. The van der Waals surface area contributed by atoms with Gasteiger partial charge in [0.2, 0.25) is 0 Å². The van der Waals surface area contributed by atoms with Gasteiger partial charge in [-0.05, 0) is 47.5 Å². The van der Waals surface area contributed by atoms with Gasteiger partial charge in [-0.25, -0.2) is 4.98 Å². The summed E-state index contributed by atoms with van der Waals surface area (Å²) in [5, 5.41) is 13.3. The van der Waals surface area contributed by atoms with Crippen molar-refractivity contribution in [2.24, 2.45) is 0 Å². The van der Waals surface area contributed by atoms with Gasteiger partial charge < -0.3 is 10.4 Å². The van der Waals surface area contributed by atoms with Crippen molar-refractivity contribution >= 4 is 23.1 Å². The van der Waals surface area contributed by atoms with Gasteiger partial charge in [0.25, 0.3) is 0 Å². The predicted octanol–water partition coefficient (Wildman–Crippen LogP) is 4.64. The summed E-state index contributed by atoms with van der Waals surface area (Å²) >= 11 is 6.02. The summed E-state index contributed by atoms with van der Waals surface area (Å²) in [6.07, 6.45) is 1.74. The Morgan fingerprint density at radius 2 is 1.86 bits per heavy atom. The van der Waals surface area contributed by atoms with E-state index in [0.29, 0.717) is 5.02 Å². The fraction of sp³-hybridized carbons (Fsp3) is 0.0556. The molecule has 0 saturated carbocycles. The Morgan fingerprint density at radius 3 is 2.68 bits per heavy atom. The number of aliphatic hydroxyl groups excluding tert-OH is 1. The molecule has 0 aliphatic heterocycles. The molecule has 0 saturated heterocycles. The molecule has 0 aliphatic carbocycles. The fourth-order valence-corrected chi connectivity index (χ4v) is 2.47. The van der Waals surface area contributed by atoms with E-state index in [2.05, 4.69) is 10.3 Å². The number of aliphatic hydroxyl groups is 1. The zero-order valence-corrected chi connectivity index (χ0v) is 12.6. The number of rotatable bonds is 4. The standard InChI is InChI=1S/C18H15ClN2O/c19-15-6-2-7-16(11-15)21-18-17(8-3-9-20-18)14-5-1-4-13(10-14)12-22/h1-11,22H,12H2,(H,20,21). The monoisotopic (exact) mass is 310 g/mol. The molecule has 3 aromatic rings. The highest BCUT2D eigenvalue weighted by Crippen LogP contribution is 2.29. The smallest absolute Gasteiger partial charge is 0.138 e. The van der Waals surface area contributed by atoms with Crippen LogP contribution in [0.3, 0.4) is 0 Å². The number of pyridine rings is 1. The van der Waals surface area contributed by atoms with Crippen LogP contribution < -0.4 is 5.32 Å². The minimum absolute atomic E-state index is 0.0190. The van der Waals surface area contributed by atoms with Crippen molar-refractivity contribution in [3.05, 3.63) is 77.4 Å². The Balaban J connectivity index is 1.99. The molecule has 110 valence electrons. The SMILES string of the molecule is OCc1cccc(-c2cccnc2Nc2cccc(Cl)c2)c1. The molecule has 0 bridgehead atoms. The molecule has 0 fully saturated rings. The van der Waals surface area contributed by atoms with Crippen LogP contribution in [-0.4, -0.2) is 10.1 Å². The third-order valence-electron chi connectivity index (χ3n) is 3.32. The Hall–Kier alpha value is -2.36. The Labute approximate surface area is 134 Å². The molecule has 4 heteroatoms. The Bertz CT molecular complexity index is 789. The summed E-state index contributed by atoms with van der Waals surface area (Å²) in [6.45, 7) is 0.0190. The highest BCUT2D eigenvalue weighted by atomic mass is 35.5. The van der Waals surface area contributed by atoms with Crippen LogP contribution in [0.1, 0.15) is 5.56 Å². The van der Waals surface area contributed by atoms with Crippen LogP contribution in [0.25, 0.3) is 11.1 Å². The molecule has 0 unspecified atom stereocenters. The molecule has 2 aromatic carbocycles. The molecule has 0 atom stereocenters. The topological polar surface area (TPSA) is 45.2 Å². The van der Waals surface area contributed by atoms with E-state index in [0.717, 1.165) is 28.2 Å². The lowest BCUT2D eigenvalue weighted by molar-refractivity contribution is 0.282. The molecule has 3 nitrogen and oxygen atoms in total. The third kappa shape index (κ3) is 3.27. The lowest BCUT2D eigenvalue weighted by atomic mass is 10.0. The molecule has 1 heterocycles. The second kappa shape index (κ2) is 6.60. The van der Waals surface area contributed by atoms with E-state index < -0.39 is 0 Å². The van der Waals surface area contributed by atoms with E-state index >= 15 is 0 Å². The van der Waals surface area contributed by atoms with Gasteiger partial charge in [0.15, 0.2) is 0 Å². The van der Waals surface area contributed by atoms with Crippen molar-refractivity contribution in [3.8, 4) is 11.1 Å². The number of nitrogens with one attached hydrogen (secondary N) is 1. The van der Waals surface area contributed by atoms with E-state index in [1.165, 1.54) is 0 Å².